The predicted octanol–water partition coefficient (Wildman–Crippen LogP) is 1.23. The van der Waals surface area contributed by atoms with Crippen molar-refractivity contribution in [2.24, 2.45) is 5.73 Å². The van der Waals surface area contributed by atoms with E-state index in [2.05, 4.69) is 12.1 Å². The van der Waals surface area contributed by atoms with Crippen LogP contribution in [0.1, 0.15) is 36.3 Å². The van der Waals surface area contributed by atoms with Crippen LogP contribution in [0.15, 0.2) is 4.52 Å². The minimum atomic E-state index is 0.501. The first-order valence-corrected chi connectivity index (χ1v) is 4.54. The molecule has 0 saturated carbocycles. The van der Waals surface area contributed by atoms with Gasteiger partial charge in [0.25, 0.3) is 0 Å². The van der Waals surface area contributed by atoms with Crippen molar-refractivity contribution in [3.63, 3.8) is 0 Å². The summed E-state index contributed by atoms with van der Waals surface area (Å²) in [6.07, 6.45) is 3.11. The molecule has 0 fully saturated rings. The normalized spacial score (nSPS) is 21.3. The first kappa shape index (κ1) is 7.80. The predicted molar refractivity (Wildman–Crippen MR) is 46.0 cm³/mol. The van der Waals surface area contributed by atoms with E-state index < -0.39 is 0 Å². The van der Waals surface area contributed by atoms with Gasteiger partial charge in [0.1, 0.15) is 5.76 Å². The summed E-state index contributed by atoms with van der Waals surface area (Å²) in [5.41, 5.74) is 8.08. The molecule has 1 aliphatic rings. The number of fused-ring (bicyclic) bond motifs is 1. The van der Waals surface area contributed by atoms with Gasteiger partial charge in [0.15, 0.2) is 0 Å². The number of rotatable bonds is 2. The molecule has 0 amide bonds. The number of aryl methyl sites for hydroxylation is 2. The summed E-state index contributed by atoms with van der Waals surface area (Å²) in [6, 6.07) is 0. The summed E-state index contributed by atoms with van der Waals surface area (Å²) in [5.74, 6) is 1.57. The standard InChI is InChI=1S/C9H14N2O/c1-2-7-9-6(5-10)3-4-8(9)12-11-7/h6H,2-5,10H2,1H3. The van der Waals surface area contributed by atoms with Crippen LogP contribution in [0.5, 0.6) is 0 Å². The average molecular weight is 166 g/mol. The van der Waals surface area contributed by atoms with Gasteiger partial charge < -0.3 is 10.3 Å². The van der Waals surface area contributed by atoms with Crippen LogP contribution < -0.4 is 5.73 Å². The Hall–Kier alpha value is -0.830. The topological polar surface area (TPSA) is 52.0 Å². The monoisotopic (exact) mass is 166 g/mol. The maximum atomic E-state index is 5.66. The van der Waals surface area contributed by atoms with Crippen LogP contribution in [0.4, 0.5) is 0 Å². The van der Waals surface area contributed by atoms with E-state index >= 15 is 0 Å². The fourth-order valence-electron chi connectivity index (χ4n) is 1.95. The SMILES string of the molecule is CCc1noc2c1C(CN)CC2. The average Bonchev–Trinajstić information content (AvgIpc) is 2.62. The summed E-state index contributed by atoms with van der Waals surface area (Å²) in [4.78, 5) is 0. The number of nitrogens with zero attached hydrogens (tertiary/aromatic N) is 1. The van der Waals surface area contributed by atoms with E-state index in [1.807, 2.05) is 0 Å². The molecule has 3 heteroatoms. The van der Waals surface area contributed by atoms with Crippen molar-refractivity contribution >= 4 is 0 Å². The van der Waals surface area contributed by atoms with E-state index in [0.29, 0.717) is 5.92 Å². The smallest absolute Gasteiger partial charge is 0.140 e. The largest absolute Gasteiger partial charge is 0.361 e. The second kappa shape index (κ2) is 2.90. The minimum Gasteiger partial charge on any atom is -0.361 e. The molecule has 0 radical (unpaired) electrons. The Morgan fingerprint density at radius 3 is 3.17 bits per heavy atom. The zero-order valence-electron chi connectivity index (χ0n) is 7.34. The molecular formula is C9H14N2O. The third-order valence-corrected chi connectivity index (χ3v) is 2.62. The number of nitrogens with two attached hydrogens (primary N) is 1. The Labute approximate surface area is 71.9 Å². The molecule has 1 aromatic rings. The van der Waals surface area contributed by atoms with Crippen LogP contribution in [0, 0.1) is 0 Å². The Morgan fingerprint density at radius 2 is 2.50 bits per heavy atom. The first-order valence-electron chi connectivity index (χ1n) is 4.54. The Bertz CT molecular complexity index is 280. The lowest BCUT2D eigenvalue weighted by atomic mass is 10.0. The third-order valence-electron chi connectivity index (χ3n) is 2.62. The summed E-state index contributed by atoms with van der Waals surface area (Å²) >= 11 is 0. The van der Waals surface area contributed by atoms with Crippen molar-refractivity contribution in [1.82, 2.24) is 5.16 Å². The van der Waals surface area contributed by atoms with E-state index in [0.717, 1.165) is 37.3 Å². The molecule has 1 unspecified atom stereocenters. The van der Waals surface area contributed by atoms with E-state index in [-0.39, 0.29) is 0 Å². The highest BCUT2D eigenvalue weighted by molar-refractivity contribution is 5.32. The van der Waals surface area contributed by atoms with Crippen molar-refractivity contribution in [3.8, 4) is 0 Å². The van der Waals surface area contributed by atoms with Gasteiger partial charge in [-0.05, 0) is 19.4 Å². The highest BCUT2D eigenvalue weighted by atomic mass is 16.5. The molecule has 0 bridgehead atoms. The lowest BCUT2D eigenvalue weighted by Crippen LogP contribution is -2.10. The van der Waals surface area contributed by atoms with E-state index in [9.17, 15) is 0 Å². The fraction of sp³-hybridized carbons (Fsp3) is 0.667. The van der Waals surface area contributed by atoms with Crippen LogP contribution in [0.25, 0.3) is 0 Å². The van der Waals surface area contributed by atoms with Gasteiger partial charge in [-0.15, -0.1) is 0 Å². The van der Waals surface area contributed by atoms with Gasteiger partial charge in [-0.3, -0.25) is 0 Å². The summed E-state index contributed by atoms with van der Waals surface area (Å²) in [7, 11) is 0. The molecule has 0 aliphatic heterocycles. The molecule has 0 aromatic carbocycles. The molecule has 0 saturated heterocycles. The minimum absolute atomic E-state index is 0.501. The number of hydrogen-bond acceptors (Lipinski definition) is 3. The highest BCUT2D eigenvalue weighted by Crippen LogP contribution is 2.34. The van der Waals surface area contributed by atoms with Crippen LogP contribution >= 0.6 is 0 Å². The molecule has 12 heavy (non-hydrogen) atoms. The third kappa shape index (κ3) is 0.966. The Morgan fingerprint density at radius 1 is 1.67 bits per heavy atom. The molecule has 1 aromatic heterocycles. The van der Waals surface area contributed by atoms with Crippen LogP contribution in [-0.4, -0.2) is 11.7 Å². The highest BCUT2D eigenvalue weighted by Gasteiger charge is 2.28. The van der Waals surface area contributed by atoms with Crippen molar-refractivity contribution < 1.29 is 4.52 Å². The van der Waals surface area contributed by atoms with Gasteiger partial charge >= 0.3 is 0 Å². The van der Waals surface area contributed by atoms with Crippen LogP contribution in [0.3, 0.4) is 0 Å². The van der Waals surface area contributed by atoms with Crippen molar-refractivity contribution in [2.45, 2.75) is 32.1 Å². The van der Waals surface area contributed by atoms with E-state index in [1.165, 1.54) is 5.56 Å². The molecule has 3 nitrogen and oxygen atoms in total. The Balaban J connectivity index is 2.38. The second-order valence-corrected chi connectivity index (χ2v) is 3.29. The van der Waals surface area contributed by atoms with E-state index in [4.69, 9.17) is 10.3 Å². The maximum absolute atomic E-state index is 5.66. The van der Waals surface area contributed by atoms with Crippen molar-refractivity contribution in [1.29, 1.82) is 0 Å². The maximum Gasteiger partial charge on any atom is 0.140 e. The molecule has 1 heterocycles. The Kier molecular flexibility index (Phi) is 1.89. The number of hydrogen-bond donors (Lipinski definition) is 1. The lowest BCUT2D eigenvalue weighted by molar-refractivity contribution is 0.379. The first-order chi connectivity index (χ1) is 5.86. The molecule has 66 valence electrons. The summed E-state index contributed by atoms with van der Waals surface area (Å²) in [6.45, 7) is 2.82. The van der Waals surface area contributed by atoms with Gasteiger partial charge in [0.05, 0.1) is 5.69 Å². The van der Waals surface area contributed by atoms with Gasteiger partial charge in [0, 0.05) is 17.9 Å². The van der Waals surface area contributed by atoms with Crippen LogP contribution in [-0.2, 0) is 12.8 Å². The molecular weight excluding hydrogens is 152 g/mol. The van der Waals surface area contributed by atoms with E-state index in [1.54, 1.807) is 0 Å². The fourth-order valence-corrected chi connectivity index (χ4v) is 1.95. The molecule has 2 rings (SSSR count). The second-order valence-electron chi connectivity index (χ2n) is 3.29. The summed E-state index contributed by atoms with van der Waals surface area (Å²) < 4.78 is 5.22. The van der Waals surface area contributed by atoms with Crippen molar-refractivity contribution in [3.05, 3.63) is 17.0 Å². The van der Waals surface area contributed by atoms with Gasteiger partial charge in [-0.1, -0.05) is 12.1 Å². The van der Waals surface area contributed by atoms with Gasteiger partial charge in [0.2, 0.25) is 0 Å². The zero-order valence-corrected chi connectivity index (χ0v) is 7.34. The van der Waals surface area contributed by atoms with Gasteiger partial charge in [-0.25, -0.2) is 0 Å². The molecule has 1 aliphatic carbocycles. The lowest BCUT2D eigenvalue weighted by Gasteiger charge is -2.05. The molecule has 2 N–H and O–H groups in total. The molecule has 1 atom stereocenters. The quantitative estimate of drug-likeness (QED) is 0.718. The van der Waals surface area contributed by atoms with Crippen LogP contribution in [0.2, 0.25) is 0 Å². The number of aromatic nitrogens is 1. The summed E-state index contributed by atoms with van der Waals surface area (Å²) in [5, 5.41) is 4.02. The molecule has 0 spiro atoms. The zero-order chi connectivity index (χ0) is 8.55. The van der Waals surface area contributed by atoms with Crippen molar-refractivity contribution in [2.75, 3.05) is 6.54 Å². The van der Waals surface area contributed by atoms with Gasteiger partial charge in [-0.2, -0.15) is 0 Å².